The monoisotopic (exact) mass is 905 g/mol. The average molecular weight is 905 g/mol. The fourth-order valence-electron chi connectivity index (χ4n) is 7.11. The minimum Gasteiger partial charge on any atom is -0.394 e. The van der Waals surface area contributed by atoms with Crippen molar-refractivity contribution in [2.45, 2.75) is 224 Å². The lowest BCUT2D eigenvalue weighted by molar-refractivity contribution is -0.132. The number of aliphatic hydroxyl groups is 5. The molecule has 0 heterocycles. The summed E-state index contributed by atoms with van der Waals surface area (Å²) in [5.74, 6) is -3.17. The van der Waals surface area contributed by atoms with Crippen LogP contribution in [0, 0.1) is 0 Å². The second-order valence-electron chi connectivity index (χ2n) is 16.8. The van der Waals surface area contributed by atoms with Crippen molar-refractivity contribution in [3.8, 4) is 0 Å². The van der Waals surface area contributed by atoms with Crippen molar-refractivity contribution in [3.63, 3.8) is 0 Å². The lowest BCUT2D eigenvalue weighted by Gasteiger charge is -2.36. The molecule has 0 aromatic carbocycles. The topological polar surface area (TPSA) is 349 Å². The maximum absolute atomic E-state index is 13.3. The molecule has 0 saturated carbocycles. The molecule has 9 atom stereocenters. The number of aliphatic hydroxyl groups excluding tert-OH is 5. The fraction of sp³-hybridized carbons (Fsp3) is 0.884. The van der Waals surface area contributed by atoms with Crippen molar-refractivity contribution < 1.29 is 49.5 Å². The van der Waals surface area contributed by atoms with E-state index >= 15 is 0 Å². The van der Waals surface area contributed by atoms with Gasteiger partial charge in [0.15, 0.2) is 0 Å². The summed E-state index contributed by atoms with van der Waals surface area (Å²) in [4.78, 5) is 62.7. The van der Waals surface area contributed by atoms with Crippen molar-refractivity contribution in [1.29, 1.82) is 0 Å². The van der Waals surface area contributed by atoms with E-state index in [2.05, 4.69) is 44.1 Å². The van der Waals surface area contributed by atoms with E-state index in [4.69, 9.17) is 17.2 Å². The number of unbranched alkanes of at least 4 members (excludes halogenated alkanes) is 14. The van der Waals surface area contributed by atoms with Crippen molar-refractivity contribution in [3.05, 3.63) is 0 Å². The van der Waals surface area contributed by atoms with Gasteiger partial charge < -0.3 is 58.7 Å². The van der Waals surface area contributed by atoms with Crippen molar-refractivity contribution >= 4 is 29.4 Å². The van der Waals surface area contributed by atoms with E-state index in [1.807, 2.05) is 6.92 Å². The first-order chi connectivity index (χ1) is 30.0. The smallest absolute Gasteiger partial charge is 0.245 e. The number of nitrogens with one attached hydrogen (secondary N) is 7. The lowest BCUT2D eigenvalue weighted by atomic mass is 10.0. The van der Waals surface area contributed by atoms with E-state index < -0.39 is 98.6 Å². The third-order valence-corrected chi connectivity index (χ3v) is 10.9. The van der Waals surface area contributed by atoms with E-state index in [0.29, 0.717) is 38.6 Å². The van der Waals surface area contributed by atoms with Gasteiger partial charge in [-0.05, 0) is 46.1 Å². The molecule has 0 aromatic heterocycles. The van der Waals surface area contributed by atoms with Crippen LogP contribution < -0.4 is 54.4 Å². The summed E-state index contributed by atoms with van der Waals surface area (Å²) in [6.07, 6.45) is 11.2. The van der Waals surface area contributed by atoms with E-state index in [-0.39, 0.29) is 24.5 Å². The minimum absolute atomic E-state index is 0.160. The number of hydrogen-bond acceptors (Lipinski definition) is 16. The molecule has 0 spiro atoms. The highest BCUT2D eigenvalue weighted by Crippen LogP contribution is 2.14. The Labute approximate surface area is 376 Å². The number of hydrogen-bond donors (Lipinski definition) is 15. The third kappa shape index (κ3) is 30.8. The Hall–Kier alpha value is -2.89. The normalized spacial score (nSPS) is 16.0. The van der Waals surface area contributed by atoms with Gasteiger partial charge >= 0.3 is 0 Å². The van der Waals surface area contributed by atoms with E-state index in [1.54, 1.807) is 0 Å². The number of Topliss-reactive ketones (excluding diaryl/α,β-unsaturated/α-hetero) is 1. The average Bonchev–Trinajstić information content (AvgIpc) is 3.22. The second kappa shape index (κ2) is 37.3. The van der Waals surface area contributed by atoms with Gasteiger partial charge in [0.2, 0.25) is 23.6 Å². The molecule has 0 aliphatic heterocycles. The number of primary amides is 1. The number of nitrogens with two attached hydrogens (primary N) is 3. The summed E-state index contributed by atoms with van der Waals surface area (Å²) in [5.41, 5.74) is 16.6. The molecule has 0 saturated heterocycles. The van der Waals surface area contributed by atoms with Gasteiger partial charge in [-0.15, -0.1) is 0 Å². The Morgan fingerprint density at radius 3 is 1.67 bits per heavy atom. The number of rotatable bonds is 42. The van der Waals surface area contributed by atoms with Gasteiger partial charge in [-0.2, -0.15) is 0 Å². The third-order valence-electron chi connectivity index (χ3n) is 10.9. The number of amides is 4. The van der Waals surface area contributed by atoms with Crippen LogP contribution in [0.25, 0.3) is 0 Å². The molecule has 0 fully saturated rings. The summed E-state index contributed by atoms with van der Waals surface area (Å²) < 4.78 is 0. The van der Waals surface area contributed by atoms with Crippen LogP contribution in [0.5, 0.6) is 0 Å². The first-order valence-electron chi connectivity index (χ1n) is 23.5. The van der Waals surface area contributed by atoms with Crippen molar-refractivity contribution in [2.75, 3.05) is 19.7 Å². The molecule has 0 radical (unpaired) electrons. The molecule has 18 N–H and O–H groups in total. The van der Waals surface area contributed by atoms with Gasteiger partial charge in [0, 0.05) is 12.5 Å². The number of ketones is 1. The Kier molecular flexibility index (Phi) is 35.6. The molecular weight excluding hydrogens is 817 g/mol. The Morgan fingerprint density at radius 2 is 1.16 bits per heavy atom. The molecule has 63 heavy (non-hydrogen) atoms. The quantitative estimate of drug-likeness (QED) is 0.0268. The summed E-state index contributed by atoms with van der Waals surface area (Å²) in [5, 5.41) is 72.8. The maximum atomic E-state index is 13.3. The highest BCUT2D eigenvalue weighted by molar-refractivity contribution is 5.90. The molecule has 4 amide bonds. The van der Waals surface area contributed by atoms with Gasteiger partial charge in [-0.1, -0.05) is 110 Å². The largest absolute Gasteiger partial charge is 0.394 e. The summed E-state index contributed by atoms with van der Waals surface area (Å²) >= 11 is 0. The Morgan fingerprint density at radius 1 is 0.603 bits per heavy atom. The SMILES string of the molecule is CCCCCCCCCCCCCCCC(=O)NCC(=O)N[C@@H](CO)C(=O)N[C@@H](CC(N)=O)[C@H](O)N[C@@H](CCCCNC(N)N)[C@H](O)N[C@@H](C(C)O)[C@H](O)N[C@@H](CCCC)C(C)=O. The molecule has 1 unspecified atom stereocenters. The molecule has 0 aliphatic carbocycles. The zero-order chi connectivity index (χ0) is 47.6. The van der Waals surface area contributed by atoms with Crippen LogP contribution in [0.3, 0.4) is 0 Å². The van der Waals surface area contributed by atoms with Crippen LogP contribution in [0.1, 0.15) is 163 Å². The first kappa shape index (κ1) is 60.1. The standard InChI is InChI=1S/C43H88N10O10/c1-5-7-9-10-11-12-13-14-15-16-17-18-19-24-36(58)48-27-37(59)49-34(28-54)41(62)52-33(26-35(44)57)40(61)51-32(23-20-21-25-47-43(45)46)39(60)53-38(30(4)56)42(63)50-31(29(3)55)22-8-6-2/h30-34,38-40,42-43,47,50-51,53-54,56,60-61,63H,5-28,45-46H2,1-4H3,(H2,44,57)(H,48,58)(H,49,59)(H,52,62)/t30?,31-,32-,33-,34-,38-,39-,40-,42-/m0/s1. The molecule has 0 aromatic rings. The zero-order valence-electron chi connectivity index (χ0n) is 38.8. The van der Waals surface area contributed by atoms with Crippen LogP contribution in [0.4, 0.5) is 0 Å². The van der Waals surface area contributed by atoms with Crippen LogP contribution in [-0.4, -0.2) is 136 Å². The van der Waals surface area contributed by atoms with Gasteiger partial charge in [0.05, 0.1) is 43.8 Å². The van der Waals surface area contributed by atoms with Crippen molar-refractivity contribution in [2.24, 2.45) is 17.2 Å². The van der Waals surface area contributed by atoms with E-state index in [9.17, 15) is 49.5 Å². The zero-order valence-corrected chi connectivity index (χ0v) is 38.8. The van der Waals surface area contributed by atoms with Gasteiger partial charge in [0.25, 0.3) is 0 Å². The molecule has 0 bridgehead atoms. The fourth-order valence-corrected chi connectivity index (χ4v) is 7.11. The Balaban J connectivity index is 5.40. The Bertz CT molecular complexity index is 1240. The predicted molar refractivity (Wildman–Crippen MR) is 243 cm³/mol. The lowest BCUT2D eigenvalue weighted by Crippen LogP contribution is -2.64. The highest BCUT2D eigenvalue weighted by Gasteiger charge is 2.34. The van der Waals surface area contributed by atoms with Crippen molar-refractivity contribution in [1.82, 2.24) is 37.2 Å². The van der Waals surface area contributed by atoms with E-state index in [1.165, 1.54) is 71.6 Å². The molecule has 20 nitrogen and oxygen atoms in total. The summed E-state index contributed by atoms with van der Waals surface area (Å²) in [7, 11) is 0. The van der Waals surface area contributed by atoms with Crippen LogP contribution in [-0.2, 0) is 24.0 Å². The second-order valence-corrected chi connectivity index (χ2v) is 16.8. The predicted octanol–water partition coefficient (Wildman–Crippen LogP) is -0.628. The summed E-state index contributed by atoms with van der Waals surface area (Å²) in [6.45, 7) is 6.06. The summed E-state index contributed by atoms with van der Waals surface area (Å²) in [6, 6.07) is -5.92. The molecule has 20 heteroatoms. The highest BCUT2D eigenvalue weighted by atomic mass is 16.3. The number of carbonyl (C=O) groups excluding carboxylic acids is 5. The minimum atomic E-state index is -1.75. The van der Waals surface area contributed by atoms with Crippen LogP contribution >= 0.6 is 0 Å². The number of carbonyl (C=O) groups is 5. The van der Waals surface area contributed by atoms with Gasteiger partial charge in [0.1, 0.15) is 36.8 Å². The van der Waals surface area contributed by atoms with Crippen LogP contribution in [0.2, 0.25) is 0 Å². The molecule has 370 valence electrons. The van der Waals surface area contributed by atoms with Gasteiger partial charge in [-0.25, -0.2) is 0 Å². The molecule has 0 aliphatic rings. The maximum Gasteiger partial charge on any atom is 0.245 e. The first-order valence-corrected chi connectivity index (χ1v) is 23.5. The van der Waals surface area contributed by atoms with Crippen LogP contribution in [0.15, 0.2) is 0 Å². The van der Waals surface area contributed by atoms with E-state index in [0.717, 1.165) is 25.7 Å². The molecular formula is C43H88N10O10. The van der Waals surface area contributed by atoms with Gasteiger partial charge in [-0.3, -0.25) is 45.2 Å². The molecule has 0 rings (SSSR count).